The smallest absolute Gasteiger partial charge is 0.198 e. The lowest BCUT2D eigenvalue weighted by Crippen LogP contribution is -1.95. The first-order chi connectivity index (χ1) is 6.24. The monoisotopic (exact) mass is 202 g/mol. The third kappa shape index (κ3) is 3.23. The van der Waals surface area contributed by atoms with Gasteiger partial charge in [0, 0.05) is 5.56 Å². The summed E-state index contributed by atoms with van der Waals surface area (Å²) < 4.78 is 18.0. The molecule has 0 amide bonds. The van der Waals surface area contributed by atoms with Gasteiger partial charge in [-0.05, 0) is 18.6 Å². The van der Waals surface area contributed by atoms with Crippen LogP contribution in [0.5, 0.6) is 5.75 Å². The zero-order valence-electron chi connectivity index (χ0n) is 7.47. The van der Waals surface area contributed by atoms with Gasteiger partial charge in [0.25, 0.3) is 0 Å². The number of alkyl halides is 2. The molecule has 0 spiro atoms. The highest BCUT2D eigenvalue weighted by Gasteiger charge is 2.05. The molecular formula is C10H12ClFO. The highest BCUT2D eigenvalue weighted by Crippen LogP contribution is 2.24. The molecule has 0 bridgehead atoms. The lowest BCUT2D eigenvalue weighted by molar-refractivity contribution is 0.316. The second kappa shape index (κ2) is 5.07. The Kier molecular flexibility index (Phi) is 4.03. The first-order valence-corrected chi connectivity index (χ1v) is 4.68. The minimum Gasteiger partial charge on any atom is -0.494 e. The molecule has 1 nitrogen and oxygen atoms in total. The number of hydrogen-bond acceptors (Lipinski definition) is 1. The van der Waals surface area contributed by atoms with Crippen LogP contribution in [0.25, 0.3) is 0 Å². The maximum absolute atomic E-state index is 12.6. The van der Waals surface area contributed by atoms with Crippen molar-refractivity contribution in [2.45, 2.75) is 19.0 Å². The second-order valence-corrected chi connectivity index (χ2v) is 3.10. The average molecular weight is 203 g/mol. The van der Waals surface area contributed by atoms with Crippen LogP contribution in [-0.2, 0) is 0 Å². The van der Waals surface area contributed by atoms with Gasteiger partial charge in [-0.25, -0.2) is 4.39 Å². The molecule has 1 aromatic carbocycles. The number of ether oxygens (including phenoxy) is 1. The van der Waals surface area contributed by atoms with Crippen molar-refractivity contribution in [3.8, 4) is 5.75 Å². The minimum absolute atomic E-state index is 0.440. The van der Waals surface area contributed by atoms with Gasteiger partial charge in [0.1, 0.15) is 5.75 Å². The van der Waals surface area contributed by atoms with Crippen LogP contribution in [0.3, 0.4) is 0 Å². The van der Waals surface area contributed by atoms with Crippen molar-refractivity contribution in [3.63, 3.8) is 0 Å². The summed E-state index contributed by atoms with van der Waals surface area (Å²) in [4.78, 5) is 0. The number of rotatable bonds is 4. The van der Waals surface area contributed by atoms with Crippen LogP contribution in [0.15, 0.2) is 24.3 Å². The largest absolute Gasteiger partial charge is 0.494 e. The summed E-state index contributed by atoms with van der Waals surface area (Å²) in [5, 5.41) is 0. The van der Waals surface area contributed by atoms with E-state index in [0.717, 1.165) is 6.42 Å². The van der Waals surface area contributed by atoms with E-state index in [-0.39, 0.29) is 0 Å². The van der Waals surface area contributed by atoms with Crippen molar-refractivity contribution < 1.29 is 9.13 Å². The molecule has 3 heteroatoms. The Bertz CT molecular complexity index is 263. The SMILES string of the molecule is CCCOc1cccc(C(F)Cl)c1. The molecule has 1 atom stereocenters. The molecule has 1 rings (SSSR count). The summed E-state index contributed by atoms with van der Waals surface area (Å²) in [5.74, 6) is 0.669. The van der Waals surface area contributed by atoms with Crippen molar-refractivity contribution in [1.82, 2.24) is 0 Å². The van der Waals surface area contributed by atoms with E-state index in [2.05, 4.69) is 0 Å². The molecule has 0 aliphatic carbocycles. The standard InChI is InChI=1S/C10H12ClFO/c1-2-6-13-9-5-3-4-8(7-9)10(11)12/h3-5,7,10H,2,6H2,1H3. The van der Waals surface area contributed by atoms with Crippen molar-refractivity contribution in [1.29, 1.82) is 0 Å². The van der Waals surface area contributed by atoms with E-state index >= 15 is 0 Å². The molecule has 13 heavy (non-hydrogen) atoms. The lowest BCUT2D eigenvalue weighted by atomic mass is 10.2. The molecule has 0 heterocycles. The maximum Gasteiger partial charge on any atom is 0.198 e. The Morgan fingerprint density at radius 2 is 2.31 bits per heavy atom. The van der Waals surface area contributed by atoms with E-state index in [1.807, 2.05) is 6.92 Å². The summed E-state index contributed by atoms with van der Waals surface area (Å²) >= 11 is 5.29. The fourth-order valence-corrected chi connectivity index (χ4v) is 1.10. The Hall–Kier alpha value is -0.760. The van der Waals surface area contributed by atoms with Gasteiger partial charge in [0.2, 0.25) is 0 Å². The van der Waals surface area contributed by atoms with E-state index in [0.29, 0.717) is 17.9 Å². The van der Waals surface area contributed by atoms with E-state index in [1.165, 1.54) is 0 Å². The van der Waals surface area contributed by atoms with Crippen LogP contribution in [0, 0.1) is 0 Å². The molecule has 0 aliphatic rings. The summed E-state index contributed by atoms with van der Waals surface area (Å²) in [5.41, 5.74) is -1.01. The van der Waals surface area contributed by atoms with Crippen LogP contribution in [-0.4, -0.2) is 6.61 Å². The topological polar surface area (TPSA) is 9.23 Å². The Morgan fingerprint density at radius 3 is 2.92 bits per heavy atom. The zero-order valence-corrected chi connectivity index (χ0v) is 8.22. The number of benzene rings is 1. The zero-order chi connectivity index (χ0) is 9.68. The Morgan fingerprint density at radius 1 is 1.54 bits per heavy atom. The fourth-order valence-electron chi connectivity index (χ4n) is 0.960. The van der Waals surface area contributed by atoms with Gasteiger partial charge < -0.3 is 4.74 Å². The minimum atomic E-state index is -1.45. The predicted octanol–water partition coefficient (Wildman–Crippen LogP) is 3.68. The number of hydrogen-bond donors (Lipinski definition) is 0. The molecule has 0 saturated heterocycles. The van der Waals surface area contributed by atoms with Crippen molar-refractivity contribution in [3.05, 3.63) is 29.8 Å². The van der Waals surface area contributed by atoms with Gasteiger partial charge in [-0.1, -0.05) is 30.7 Å². The maximum atomic E-state index is 12.6. The van der Waals surface area contributed by atoms with Gasteiger partial charge in [-0.2, -0.15) is 0 Å². The molecule has 0 radical (unpaired) electrons. The Balaban J connectivity index is 2.68. The van der Waals surface area contributed by atoms with Crippen molar-refractivity contribution in [2.24, 2.45) is 0 Å². The molecule has 0 aliphatic heterocycles. The fraction of sp³-hybridized carbons (Fsp3) is 0.400. The highest BCUT2D eigenvalue weighted by atomic mass is 35.5. The van der Waals surface area contributed by atoms with Gasteiger partial charge >= 0.3 is 0 Å². The van der Waals surface area contributed by atoms with Crippen LogP contribution in [0.1, 0.15) is 24.5 Å². The molecule has 72 valence electrons. The van der Waals surface area contributed by atoms with E-state index in [9.17, 15) is 4.39 Å². The molecular weight excluding hydrogens is 191 g/mol. The quantitative estimate of drug-likeness (QED) is 0.677. The first kappa shape index (κ1) is 10.3. The summed E-state index contributed by atoms with van der Waals surface area (Å²) in [7, 11) is 0. The lowest BCUT2D eigenvalue weighted by Gasteiger charge is -2.06. The molecule has 0 saturated carbocycles. The molecule has 1 unspecified atom stereocenters. The van der Waals surface area contributed by atoms with Gasteiger partial charge in [-0.3, -0.25) is 0 Å². The van der Waals surface area contributed by atoms with Gasteiger partial charge in [0.15, 0.2) is 5.63 Å². The third-order valence-corrected chi connectivity index (χ3v) is 1.83. The summed E-state index contributed by atoms with van der Waals surface area (Å²) in [6.45, 7) is 2.66. The predicted molar refractivity (Wildman–Crippen MR) is 51.9 cm³/mol. The van der Waals surface area contributed by atoms with E-state index in [1.54, 1.807) is 24.3 Å². The third-order valence-electron chi connectivity index (χ3n) is 1.58. The average Bonchev–Trinajstić information content (AvgIpc) is 2.15. The normalized spacial score (nSPS) is 12.5. The van der Waals surface area contributed by atoms with Crippen LogP contribution in [0.4, 0.5) is 4.39 Å². The van der Waals surface area contributed by atoms with Crippen LogP contribution in [0.2, 0.25) is 0 Å². The van der Waals surface area contributed by atoms with Gasteiger partial charge in [-0.15, -0.1) is 0 Å². The summed E-state index contributed by atoms with van der Waals surface area (Å²) in [6, 6.07) is 6.78. The molecule has 1 aromatic rings. The first-order valence-electron chi connectivity index (χ1n) is 4.25. The Labute approximate surface area is 82.5 Å². The molecule has 0 fully saturated rings. The molecule has 0 aromatic heterocycles. The summed E-state index contributed by atoms with van der Waals surface area (Å²) in [6.07, 6.45) is 0.935. The highest BCUT2D eigenvalue weighted by molar-refractivity contribution is 6.19. The van der Waals surface area contributed by atoms with Gasteiger partial charge in [0.05, 0.1) is 6.61 Å². The number of halogens is 2. The molecule has 0 N–H and O–H groups in total. The van der Waals surface area contributed by atoms with Crippen molar-refractivity contribution in [2.75, 3.05) is 6.61 Å². The van der Waals surface area contributed by atoms with E-state index in [4.69, 9.17) is 16.3 Å². The van der Waals surface area contributed by atoms with Crippen LogP contribution >= 0.6 is 11.6 Å². The van der Waals surface area contributed by atoms with Crippen molar-refractivity contribution >= 4 is 11.6 Å². The van der Waals surface area contributed by atoms with Crippen LogP contribution < -0.4 is 4.74 Å². The van der Waals surface area contributed by atoms with E-state index < -0.39 is 5.63 Å². The second-order valence-electron chi connectivity index (χ2n) is 2.72.